The minimum atomic E-state index is -0.973. The summed E-state index contributed by atoms with van der Waals surface area (Å²) in [6, 6.07) is 3.41. The molecular weight excluding hydrogens is 341 g/mol. The Morgan fingerprint density at radius 3 is 2.86 bits per heavy atom. The molecule has 0 saturated heterocycles. The number of hydrogen-bond acceptors (Lipinski definition) is 6. The molecule has 0 bridgehead atoms. The molecule has 0 aliphatic rings. The maximum atomic E-state index is 12.9. The summed E-state index contributed by atoms with van der Waals surface area (Å²) in [5.41, 5.74) is 0.105. The number of thioether (sulfide) groups is 1. The number of aliphatic carboxylic acids is 1. The summed E-state index contributed by atoms with van der Waals surface area (Å²) in [5.74, 6) is -2.21. The van der Waals surface area contributed by atoms with E-state index in [2.05, 4.69) is 15.5 Å². The number of halogens is 2. The zero-order valence-electron chi connectivity index (χ0n) is 10.2. The molecule has 0 fully saturated rings. The van der Waals surface area contributed by atoms with Crippen molar-refractivity contribution < 1.29 is 19.1 Å². The molecule has 1 aromatic heterocycles. The Hall–Kier alpha value is -1.71. The number of amides is 1. The SMILES string of the molecule is O=C(O)CSc1nnc(NC(=O)c2ccc(F)cc2Cl)s1. The number of carboxylic acid groups (broad SMARTS) is 1. The van der Waals surface area contributed by atoms with Gasteiger partial charge in [0.15, 0.2) is 4.34 Å². The van der Waals surface area contributed by atoms with E-state index in [1.165, 1.54) is 6.07 Å². The van der Waals surface area contributed by atoms with E-state index in [0.29, 0.717) is 4.34 Å². The maximum absolute atomic E-state index is 12.9. The molecule has 0 unspecified atom stereocenters. The zero-order valence-corrected chi connectivity index (χ0v) is 12.6. The molecule has 0 spiro atoms. The number of aromatic nitrogens is 2. The average Bonchev–Trinajstić information content (AvgIpc) is 2.83. The summed E-state index contributed by atoms with van der Waals surface area (Å²) in [5, 5.41) is 18.6. The first-order valence-corrected chi connectivity index (χ1v) is 7.58. The molecule has 110 valence electrons. The molecule has 21 heavy (non-hydrogen) atoms. The molecule has 0 saturated carbocycles. The number of carbonyl (C=O) groups excluding carboxylic acids is 1. The summed E-state index contributed by atoms with van der Waals surface area (Å²) in [4.78, 5) is 22.4. The first kappa shape index (κ1) is 15.7. The van der Waals surface area contributed by atoms with Crippen LogP contribution < -0.4 is 5.32 Å². The second-order valence-electron chi connectivity index (χ2n) is 3.63. The molecule has 10 heteroatoms. The lowest BCUT2D eigenvalue weighted by Gasteiger charge is -2.03. The van der Waals surface area contributed by atoms with Crippen LogP contribution in [0.5, 0.6) is 0 Å². The molecule has 0 atom stereocenters. The van der Waals surface area contributed by atoms with Crippen LogP contribution in [0.2, 0.25) is 5.02 Å². The number of hydrogen-bond donors (Lipinski definition) is 2. The van der Waals surface area contributed by atoms with Crippen LogP contribution in [-0.2, 0) is 4.79 Å². The van der Waals surface area contributed by atoms with E-state index < -0.39 is 17.7 Å². The summed E-state index contributed by atoms with van der Waals surface area (Å²) in [7, 11) is 0. The highest BCUT2D eigenvalue weighted by molar-refractivity contribution is 8.01. The fourth-order valence-electron chi connectivity index (χ4n) is 1.28. The Morgan fingerprint density at radius 1 is 1.43 bits per heavy atom. The van der Waals surface area contributed by atoms with Gasteiger partial charge in [0.05, 0.1) is 16.3 Å². The van der Waals surface area contributed by atoms with E-state index in [1.807, 2.05) is 0 Å². The molecule has 1 aromatic carbocycles. The molecule has 1 heterocycles. The highest BCUT2D eigenvalue weighted by Gasteiger charge is 2.14. The second-order valence-corrected chi connectivity index (χ2v) is 6.24. The van der Waals surface area contributed by atoms with Crippen LogP contribution in [0.4, 0.5) is 9.52 Å². The molecule has 2 aromatic rings. The quantitative estimate of drug-likeness (QED) is 0.638. The fraction of sp³-hybridized carbons (Fsp3) is 0.0909. The van der Waals surface area contributed by atoms with Crippen molar-refractivity contribution in [2.45, 2.75) is 4.34 Å². The van der Waals surface area contributed by atoms with Gasteiger partial charge >= 0.3 is 5.97 Å². The van der Waals surface area contributed by atoms with E-state index in [1.54, 1.807) is 0 Å². The van der Waals surface area contributed by atoms with Crippen molar-refractivity contribution in [3.05, 3.63) is 34.6 Å². The minimum Gasteiger partial charge on any atom is -0.481 e. The van der Waals surface area contributed by atoms with Crippen LogP contribution >= 0.6 is 34.7 Å². The lowest BCUT2D eigenvalue weighted by molar-refractivity contribution is -0.133. The molecule has 0 radical (unpaired) electrons. The third-order valence-electron chi connectivity index (χ3n) is 2.12. The molecule has 0 aliphatic heterocycles. The van der Waals surface area contributed by atoms with Crippen LogP contribution in [-0.4, -0.2) is 32.9 Å². The van der Waals surface area contributed by atoms with Gasteiger partial charge in [-0.3, -0.25) is 14.9 Å². The third kappa shape index (κ3) is 4.38. The summed E-state index contributed by atoms with van der Waals surface area (Å²) in [6.45, 7) is 0. The van der Waals surface area contributed by atoms with Crippen molar-refractivity contribution in [3.8, 4) is 0 Å². The highest BCUT2D eigenvalue weighted by atomic mass is 35.5. The van der Waals surface area contributed by atoms with Crippen LogP contribution in [0.1, 0.15) is 10.4 Å². The van der Waals surface area contributed by atoms with Crippen LogP contribution in [0, 0.1) is 5.82 Å². The Labute approximate surface area is 131 Å². The summed E-state index contributed by atoms with van der Waals surface area (Å²) < 4.78 is 13.3. The lowest BCUT2D eigenvalue weighted by Crippen LogP contribution is -2.12. The van der Waals surface area contributed by atoms with E-state index in [-0.39, 0.29) is 21.5 Å². The van der Waals surface area contributed by atoms with Crippen molar-refractivity contribution >= 4 is 51.7 Å². The number of nitrogens with one attached hydrogen (secondary N) is 1. The van der Waals surface area contributed by atoms with Crippen molar-refractivity contribution in [1.82, 2.24) is 10.2 Å². The van der Waals surface area contributed by atoms with Crippen LogP contribution in [0.25, 0.3) is 0 Å². The topological polar surface area (TPSA) is 92.2 Å². The molecule has 1 amide bonds. The number of nitrogens with zero attached hydrogens (tertiary/aromatic N) is 2. The number of carbonyl (C=O) groups is 2. The molecule has 0 aliphatic carbocycles. The van der Waals surface area contributed by atoms with Crippen molar-refractivity contribution in [1.29, 1.82) is 0 Å². The van der Waals surface area contributed by atoms with Gasteiger partial charge in [-0.2, -0.15) is 0 Å². The maximum Gasteiger partial charge on any atom is 0.313 e. The number of carboxylic acids is 1. The van der Waals surface area contributed by atoms with Gasteiger partial charge in [0.25, 0.3) is 5.91 Å². The predicted octanol–water partition coefficient (Wildman–Crippen LogP) is 2.76. The minimum absolute atomic E-state index is 0.0162. The normalized spacial score (nSPS) is 10.4. The largest absolute Gasteiger partial charge is 0.481 e. The summed E-state index contributed by atoms with van der Waals surface area (Å²) >= 11 is 7.81. The van der Waals surface area contributed by atoms with E-state index in [9.17, 15) is 14.0 Å². The average molecular weight is 348 g/mol. The van der Waals surface area contributed by atoms with Crippen LogP contribution in [0.3, 0.4) is 0 Å². The Morgan fingerprint density at radius 2 is 2.19 bits per heavy atom. The van der Waals surface area contributed by atoms with Gasteiger partial charge in [0.1, 0.15) is 5.82 Å². The van der Waals surface area contributed by atoms with E-state index >= 15 is 0 Å². The van der Waals surface area contributed by atoms with Crippen molar-refractivity contribution in [3.63, 3.8) is 0 Å². The lowest BCUT2D eigenvalue weighted by atomic mass is 10.2. The van der Waals surface area contributed by atoms with Gasteiger partial charge in [0.2, 0.25) is 5.13 Å². The predicted molar refractivity (Wildman–Crippen MR) is 77.6 cm³/mol. The first-order valence-electron chi connectivity index (χ1n) is 5.40. The first-order chi connectivity index (χ1) is 9.95. The van der Waals surface area contributed by atoms with Gasteiger partial charge in [-0.1, -0.05) is 34.7 Å². The Balaban J connectivity index is 2.04. The number of benzene rings is 1. The third-order valence-corrected chi connectivity index (χ3v) is 4.39. The Kier molecular flexibility index (Phi) is 5.10. The monoisotopic (exact) mass is 347 g/mol. The Bertz CT molecular complexity index is 695. The van der Waals surface area contributed by atoms with Crippen molar-refractivity contribution in [2.75, 3.05) is 11.1 Å². The summed E-state index contributed by atoms with van der Waals surface area (Å²) in [6.07, 6.45) is 0. The smallest absolute Gasteiger partial charge is 0.313 e. The second kappa shape index (κ2) is 6.83. The van der Waals surface area contributed by atoms with Gasteiger partial charge in [-0.15, -0.1) is 10.2 Å². The molecule has 2 rings (SSSR count). The van der Waals surface area contributed by atoms with Gasteiger partial charge in [-0.25, -0.2) is 4.39 Å². The number of rotatable bonds is 5. The van der Waals surface area contributed by atoms with Gasteiger partial charge in [0, 0.05) is 0 Å². The number of anilines is 1. The van der Waals surface area contributed by atoms with Crippen molar-refractivity contribution in [2.24, 2.45) is 0 Å². The standard InChI is InChI=1S/C11H7ClFN3O3S2/c12-7-3-5(13)1-2-6(7)9(19)14-10-15-16-11(21-10)20-4-8(17)18/h1-3H,4H2,(H,17,18)(H,14,15,19). The highest BCUT2D eigenvalue weighted by Crippen LogP contribution is 2.26. The molecule has 2 N–H and O–H groups in total. The van der Waals surface area contributed by atoms with Crippen LogP contribution in [0.15, 0.2) is 22.5 Å². The molecular formula is C11H7ClFN3O3S2. The fourth-order valence-corrected chi connectivity index (χ4v) is 3.00. The van der Waals surface area contributed by atoms with Gasteiger partial charge in [-0.05, 0) is 18.2 Å². The van der Waals surface area contributed by atoms with E-state index in [4.69, 9.17) is 16.7 Å². The molecule has 6 nitrogen and oxygen atoms in total. The van der Waals surface area contributed by atoms with Gasteiger partial charge < -0.3 is 5.11 Å². The van der Waals surface area contributed by atoms with E-state index in [0.717, 1.165) is 35.2 Å². The zero-order chi connectivity index (χ0) is 15.4.